The van der Waals surface area contributed by atoms with E-state index in [2.05, 4.69) is 41.5 Å². The Balaban J connectivity index is 2.32. The van der Waals surface area contributed by atoms with Gasteiger partial charge in [-0.1, -0.05) is 64.7 Å². The van der Waals surface area contributed by atoms with Crippen molar-refractivity contribution >= 4 is 5.91 Å². The van der Waals surface area contributed by atoms with Crippen LogP contribution in [0, 0.1) is 0 Å². The topological polar surface area (TPSA) is 47.6 Å². The van der Waals surface area contributed by atoms with Crippen molar-refractivity contribution < 1.29 is 4.79 Å². The van der Waals surface area contributed by atoms with Crippen LogP contribution in [0.15, 0.2) is 0 Å². The Labute approximate surface area is 194 Å². The van der Waals surface area contributed by atoms with E-state index in [-0.39, 0.29) is 5.91 Å². The van der Waals surface area contributed by atoms with Crippen LogP contribution in [0.4, 0.5) is 0 Å². The zero-order valence-corrected chi connectivity index (χ0v) is 21.2. The molecule has 1 amide bonds. The number of carbonyl (C=O) groups excluding carboxylic acids is 1. The maximum Gasteiger partial charge on any atom is 0.221 e. The largest absolute Gasteiger partial charge is 0.356 e. The minimum absolute atomic E-state index is 0.220. The number of hydrogen-bond donors (Lipinski definition) is 2. The van der Waals surface area contributed by atoms with E-state index in [1.807, 2.05) is 0 Å². The predicted molar refractivity (Wildman–Crippen MR) is 135 cm³/mol. The first-order chi connectivity index (χ1) is 15.1. The Morgan fingerprint density at radius 2 is 1.26 bits per heavy atom. The molecule has 0 aromatic heterocycles. The number of nitrogens with one attached hydrogen (secondary N) is 2. The van der Waals surface area contributed by atoms with Gasteiger partial charge in [-0.2, -0.15) is 0 Å². The number of amides is 1. The molecule has 2 N–H and O–H groups in total. The molecule has 1 heterocycles. The molecule has 0 bridgehead atoms. The summed E-state index contributed by atoms with van der Waals surface area (Å²) >= 11 is 0. The second kappa shape index (κ2) is 20.0. The van der Waals surface area contributed by atoms with Crippen molar-refractivity contribution in [1.29, 1.82) is 0 Å². The van der Waals surface area contributed by atoms with Crippen molar-refractivity contribution in [3.63, 3.8) is 0 Å². The van der Waals surface area contributed by atoms with E-state index < -0.39 is 0 Å². The van der Waals surface area contributed by atoms with Gasteiger partial charge >= 0.3 is 0 Å². The summed E-state index contributed by atoms with van der Waals surface area (Å²) in [4.78, 5) is 17.3. The summed E-state index contributed by atoms with van der Waals surface area (Å²) in [7, 11) is 4.44. The normalized spacial score (nSPS) is 22.2. The van der Waals surface area contributed by atoms with Gasteiger partial charge in [-0.25, -0.2) is 0 Å². The molecule has 0 saturated carbocycles. The molecule has 0 aromatic rings. The smallest absolute Gasteiger partial charge is 0.221 e. The van der Waals surface area contributed by atoms with E-state index >= 15 is 0 Å². The molecule has 184 valence electrons. The number of hydrogen-bond acceptors (Lipinski definition) is 4. The van der Waals surface area contributed by atoms with Crippen LogP contribution in [0.25, 0.3) is 0 Å². The Bertz CT molecular complexity index is 418. The highest BCUT2D eigenvalue weighted by molar-refractivity contribution is 5.76. The van der Waals surface area contributed by atoms with Gasteiger partial charge in [0.1, 0.15) is 0 Å². The summed E-state index contributed by atoms with van der Waals surface area (Å²) in [6.07, 6.45) is 18.7. The maximum absolute atomic E-state index is 12.5. The molecule has 0 radical (unpaired) electrons. The van der Waals surface area contributed by atoms with Crippen LogP contribution >= 0.6 is 0 Å². The van der Waals surface area contributed by atoms with Gasteiger partial charge in [-0.05, 0) is 78.9 Å². The highest BCUT2D eigenvalue weighted by Gasteiger charge is 2.13. The Kier molecular flexibility index (Phi) is 18.3. The van der Waals surface area contributed by atoms with Gasteiger partial charge in [-0.15, -0.1) is 0 Å². The minimum Gasteiger partial charge on any atom is -0.356 e. The average Bonchev–Trinajstić information content (AvgIpc) is 2.75. The fourth-order valence-corrected chi connectivity index (χ4v) is 4.49. The van der Waals surface area contributed by atoms with Gasteiger partial charge in [0, 0.05) is 19.0 Å². The van der Waals surface area contributed by atoms with Crippen molar-refractivity contribution in [3.8, 4) is 0 Å². The lowest BCUT2D eigenvalue weighted by atomic mass is 10.0. The van der Waals surface area contributed by atoms with Gasteiger partial charge < -0.3 is 20.4 Å². The third-order valence-electron chi connectivity index (χ3n) is 6.61. The van der Waals surface area contributed by atoms with Gasteiger partial charge in [0.25, 0.3) is 0 Å². The highest BCUT2D eigenvalue weighted by atomic mass is 16.1. The zero-order chi connectivity index (χ0) is 22.6. The molecule has 0 aliphatic carbocycles. The van der Waals surface area contributed by atoms with E-state index in [0.717, 1.165) is 52.0 Å². The molecule has 5 heteroatoms. The molecular weight excluding hydrogens is 384 g/mol. The quantitative estimate of drug-likeness (QED) is 0.481. The van der Waals surface area contributed by atoms with Crippen LogP contribution in [0.2, 0.25) is 0 Å². The summed E-state index contributed by atoms with van der Waals surface area (Å²) in [5.74, 6) is 0.220. The lowest BCUT2D eigenvalue weighted by molar-refractivity contribution is -0.121. The molecule has 1 saturated heterocycles. The van der Waals surface area contributed by atoms with Crippen molar-refractivity contribution in [1.82, 2.24) is 20.4 Å². The number of carbonyl (C=O) groups is 1. The number of nitrogens with zero attached hydrogens (tertiary/aromatic N) is 2. The molecule has 1 atom stereocenters. The van der Waals surface area contributed by atoms with Crippen LogP contribution < -0.4 is 10.6 Å². The number of unbranched alkanes of at least 4 members (excludes halogenated alkanes) is 8. The maximum atomic E-state index is 12.5. The van der Waals surface area contributed by atoms with Gasteiger partial charge in [-0.3, -0.25) is 4.79 Å². The molecule has 0 aromatic carbocycles. The molecule has 1 fully saturated rings. The standard InChI is InChI=1S/C26H54N4O/c1-4-5-6-7-8-9-10-11-12-17-25-24-26(31)28-19-16-23-30(3)21-14-13-20-29(2)22-15-18-27-25/h25,27H,4-24H2,1-3H3,(H,28,31)/t25-/m1/s1. The Morgan fingerprint density at radius 3 is 1.87 bits per heavy atom. The lowest BCUT2D eigenvalue weighted by Gasteiger charge is -2.20. The van der Waals surface area contributed by atoms with E-state index in [1.165, 1.54) is 77.2 Å². The van der Waals surface area contributed by atoms with Crippen molar-refractivity contribution in [3.05, 3.63) is 0 Å². The first kappa shape index (κ1) is 28.4. The summed E-state index contributed by atoms with van der Waals surface area (Å²) in [6, 6.07) is 0.327. The zero-order valence-electron chi connectivity index (χ0n) is 21.2. The molecule has 1 aliphatic heterocycles. The molecule has 1 rings (SSSR count). The Morgan fingerprint density at radius 1 is 0.742 bits per heavy atom. The van der Waals surface area contributed by atoms with E-state index in [1.54, 1.807) is 0 Å². The van der Waals surface area contributed by atoms with Crippen LogP contribution in [0.3, 0.4) is 0 Å². The molecule has 5 nitrogen and oxygen atoms in total. The van der Waals surface area contributed by atoms with Crippen LogP contribution in [-0.2, 0) is 4.79 Å². The minimum atomic E-state index is 0.220. The fraction of sp³-hybridized carbons (Fsp3) is 0.962. The van der Waals surface area contributed by atoms with E-state index in [9.17, 15) is 4.79 Å². The second-order valence-corrected chi connectivity index (χ2v) is 9.84. The summed E-state index contributed by atoms with van der Waals surface area (Å²) in [5.41, 5.74) is 0. The van der Waals surface area contributed by atoms with Crippen LogP contribution in [0.5, 0.6) is 0 Å². The predicted octanol–water partition coefficient (Wildman–Crippen LogP) is 4.81. The first-order valence-corrected chi connectivity index (χ1v) is 13.5. The lowest BCUT2D eigenvalue weighted by Crippen LogP contribution is -2.37. The van der Waals surface area contributed by atoms with E-state index in [0.29, 0.717) is 12.5 Å². The van der Waals surface area contributed by atoms with Crippen LogP contribution in [0.1, 0.15) is 103 Å². The van der Waals surface area contributed by atoms with Gasteiger partial charge in [0.2, 0.25) is 5.91 Å². The molecule has 1 aliphatic rings. The SMILES string of the molecule is CCCCCCCCCCC[C@@H]1CC(=O)NCCCN(C)CCCCN(C)CCCN1. The third kappa shape index (κ3) is 17.6. The average molecular weight is 439 g/mol. The summed E-state index contributed by atoms with van der Waals surface area (Å²) in [5, 5.41) is 6.86. The molecule has 0 unspecified atom stereocenters. The molecule has 0 spiro atoms. The molecular formula is C26H54N4O. The number of rotatable bonds is 10. The first-order valence-electron chi connectivity index (χ1n) is 13.5. The fourth-order valence-electron chi connectivity index (χ4n) is 4.49. The monoisotopic (exact) mass is 438 g/mol. The van der Waals surface area contributed by atoms with Crippen molar-refractivity contribution in [2.24, 2.45) is 0 Å². The molecule has 31 heavy (non-hydrogen) atoms. The highest BCUT2D eigenvalue weighted by Crippen LogP contribution is 2.12. The third-order valence-corrected chi connectivity index (χ3v) is 6.61. The summed E-state index contributed by atoms with van der Waals surface area (Å²) in [6.45, 7) is 8.65. The van der Waals surface area contributed by atoms with Crippen molar-refractivity contribution in [2.75, 3.05) is 53.4 Å². The van der Waals surface area contributed by atoms with Gasteiger partial charge in [0.15, 0.2) is 0 Å². The Hall–Kier alpha value is -0.650. The van der Waals surface area contributed by atoms with Crippen molar-refractivity contribution in [2.45, 2.75) is 109 Å². The van der Waals surface area contributed by atoms with Gasteiger partial charge in [0.05, 0.1) is 0 Å². The van der Waals surface area contributed by atoms with Crippen LogP contribution in [-0.4, -0.2) is 75.1 Å². The van der Waals surface area contributed by atoms with E-state index in [4.69, 9.17) is 0 Å². The second-order valence-electron chi connectivity index (χ2n) is 9.84. The summed E-state index contributed by atoms with van der Waals surface area (Å²) < 4.78 is 0.